The Labute approximate surface area is 94.9 Å². The quantitative estimate of drug-likeness (QED) is 0.432. The van der Waals surface area contributed by atoms with Gasteiger partial charge in [-0.3, -0.25) is 5.43 Å². The highest BCUT2D eigenvalue weighted by Gasteiger charge is 1.97. The van der Waals surface area contributed by atoms with Crippen LogP contribution in [-0.4, -0.2) is 16.4 Å². The zero-order valence-electron chi connectivity index (χ0n) is 7.07. The normalized spacial score (nSPS) is 10.4. The van der Waals surface area contributed by atoms with Gasteiger partial charge in [-0.2, -0.15) is 5.10 Å². The van der Waals surface area contributed by atoms with Crippen molar-refractivity contribution in [1.29, 1.82) is 0 Å². The van der Waals surface area contributed by atoms with Crippen LogP contribution in [0.4, 0.5) is 0 Å². The summed E-state index contributed by atoms with van der Waals surface area (Å²) in [7, 11) is 0. The number of aromatic hydroxyl groups is 1. The van der Waals surface area contributed by atoms with Crippen LogP contribution < -0.4 is 11.2 Å². The molecule has 0 spiro atoms. The Morgan fingerprint density at radius 2 is 2.36 bits per heavy atom. The lowest BCUT2D eigenvalue weighted by atomic mass is 10.2. The number of benzene rings is 1. The maximum absolute atomic E-state index is 9.40. The fraction of sp³-hybridized carbons (Fsp3) is 0. The van der Waals surface area contributed by atoms with E-state index in [-0.39, 0.29) is 10.9 Å². The Morgan fingerprint density at radius 3 is 3.00 bits per heavy atom. The SMILES string of the molecule is NC(=S)NN=Cc1cc(Br)ccc1O. The van der Waals surface area contributed by atoms with E-state index in [1.807, 2.05) is 0 Å². The van der Waals surface area contributed by atoms with Crippen molar-refractivity contribution in [2.45, 2.75) is 0 Å². The number of nitrogens with zero attached hydrogens (tertiary/aromatic N) is 1. The molecule has 1 aromatic carbocycles. The van der Waals surface area contributed by atoms with Crippen LogP contribution in [0.1, 0.15) is 5.56 Å². The molecule has 0 atom stereocenters. The van der Waals surface area contributed by atoms with E-state index in [0.717, 1.165) is 4.47 Å². The monoisotopic (exact) mass is 273 g/mol. The van der Waals surface area contributed by atoms with E-state index < -0.39 is 0 Å². The minimum absolute atomic E-state index is 0.0794. The Kier molecular flexibility index (Phi) is 3.84. The van der Waals surface area contributed by atoms with E-state index in [0.29, 0.717) is 5.56 Å². The van der Waals surface area contributed by atoms with Crippen LogP contribution in [0.3, 0.4) is 0 Å². The van der Waals surface area contributed by atoms with Crippen molar-refractivity contribution in [3.63, 3.8) is 0 Å². The second kappa shape index (κ2) is 4.92. The summed E-state index contributed by atoms with van der Waals surface area (Å²) in [5.74, 6) is 0.140. The van der Waals surface area contributed by atoms with Crippen molar-refractivity contribution < 1.29 is 5.11 Å². The molecule has 0 bridgehead atoms. The van der Waals surface area contributed by atoms with Crippen LogP contribution >= 0.6 is 28.1 Å². The topological polar surface area (TPSA) is 70.6 Å². The van der Waals surface area contributed by atoms with Gasteiger partial charge in [-0.15, -0.1) is 0 Å². The molecule has 0 aliphatic rings. The molecular weight excluding hydrogens is 266 g/mol. The van der Waals surface area contributed by atoms with Gasteiger partial charge in [0.1, 0.15) is 5.75 Å². The Morgan fingerprint density at radius 1 is 1.64 bits per heavy atom. The van der Waals surface area contributed by atoms with Crippen LogP contribution in [0.5, 0.6) is 5.75 Å². The Bertz CT molecular complexity index is 381. The number of thiocarbonyl (C=S) groups is 1. The summed E-state index contributed by atoms with van der Waals surface area (Å²) < 4.78 is 0.854. The standard InChI is InChI=1S/C8H8BrN3OS/c9-6-1-2-7(13)5(3-6)4-11-12-8(10)14/h1-4,13H,(H3,10,12,14). The molecule has 0 aliphatic carbocycles. The van der Waals surface area contributed by atoms with Gasteiger partial charge >= 0.3 is 0 Å². The molecule has 0 aliphatic heterocycles. The predicted molar refractivity (Wildman–Crippen MR) is 63.3 cm³/mol. The van der Waals surface area contributed by atoms with Gasteiger partial charge in [0.15, 0.2) is 5.11 Å². The highest BCUT2D eigenvalue weighted by atomic mass is 79.9. The van der Waals surface area contributed by atoms with Crippen molar-refractivity contribution in [2.75, 3.05) is 0 Å². The van der Waals surface area contributed by atoms with Crippen LogP contribution in [0.2, 0.25) is 0 Å². The number of nitrogens with one attached hydrogen (secondary N) is 1. The molecule has 6 heteroatoms. The molecule has 4 nitrogen and oxygen atoms in total. The summed E-state index contributed by atoms with van der Waals surface area (Å²) in [6.45, 7) is 0. The zero-order chi connectivity index (χ0) is 10.6. The van der Waals surface area contributed by atoms with Crippen LogP contribution in [0.15, 0.2) is 27.8 Å². The van der Waals surface area contributed by atoms with E-state index in [4.69, 9.17) is 5.73 Å². The molecule has 0 saturated heterocycles. The fourth-order valence-electron chi connectivity index (χ4n) is 0.794. The summed E-state index contributed by atoms with van der Waals surface area (Å²) in [5, 5.41) is 13.2. The molecule has 74 valence electrons. The van der Waals surface area contributed by atoms with Gasteiger partial charge < -0.3 is 10.8 Å². The molecule has 0 amide bonds. The number of phenols is 1. The maximum atomic E-state index is 9.40. The lowest BCUT2D eigenvalue weighted by Gasteiger charge is -1.99. The Balaban J connectivity index is 2.80. The van der Waals surface area contributed by atoms with Gasteiger partial charge in [0, 0.05) is 10.0 Å². The summed E-state index contributed by atoms with van der Waals surface area (Å²) in [6, 6.07) is 5.01. The minimum atomic E-state index is 0.0794. The van der Waals surface area contributed by atoms with Crippen LogP contribution in [0, 0.1) is 0 Å². The first-order valence-corrected chi connectivity index (χ1v) is 4.87. The summed E-state index contributed by atoms with van der Waals surface area (Å²) >= 11 is 7.82. The molecule has 4 N–H and O–H groups in total. The first kappa shape index (κ1) is 10.9. The molecule has 0 fully saturated rings. The number of nitrogens with two attached hydrogens (primary N) is 1. The van der Waals surface area contributed by atoms with E-state index in [9.17, 15) is 5.11 Å². The summed E-state index contributed by atoms with van der Waals surface area (Å²) in [6.07, 6.45) is 1.43. The smallest absolute Gasteiger partial charge is 0.184 e. The molecule has 0 radical (unpaired) electrons. The van der Waals surface area contributed by atoms with Gasteiger partial charge in [0.2, 0.25) is 0 Å². The first-order valence-electron chi connectivity index (χ1n) is 3.66. The molecule has 0 saturated carbocycles. The average Bonchev–Trinajstić information content (AvgIpc) is 2.10. The first-order chi connectivity index (χ1) is 6.59. The van der Waals surface area contributed by atoms with Crippen LogP contribution in [-0.2, 0) is 0 Å². The van der Waals surface area contributed by atoms with E-state index >= 15 is 0 Å². The fourth-order valence-corrected chi connectivity index (χ4v) is 1.23. The largest absolute Gasteiger partial charge is 0.507 e. The number of phenolic OH excluding ortho intramolecular Hbond substituents is 1. The van der Waals surface area contributed by atoms with Gasteiger partial charge in [0.05, 0.1) is 6.21 Å². The van der Waals surface area contributed by atoms with Crippen molar-refractivity contribution in [1.82, 2.24) is 5.43 Å². The lowest BCUT2D eigenvalue weighted by Crippen LogP contribution is -2.23. The Hall–Kier alpha value is -1.14. The second-order valence-corrected chi connectivity index (χ2v) is 3.79. The molecule has 14 heavy (non-hydrogen) atoms. The second-order valence-electron chi connectivity index (χ2n) is 2.44. The number of rotatable bonds is 2. The highest BCUT2D eigenvalue weighted by molar-refractivity contribution is 9.10. The van der Waals surface area contributed by atoms with Crippen LogP contribution in [0.25, 0.3) is 0 Å². The summed E-state index contributed by atoms with van der Waals surface area (Å²) in [4.78, 5) is 0. The van der Waals surface area contributed by atoms with Gasteiger partial charge in [-0.25, -0.2) is 0 Å². The number of hydrogen-bond acceptors (Lipinski definition) is 3. The van der Waals surface area contributed by atoms with Gasteiger partial charge in [-0.1, -0.05) is 15.9 Å². The zero-order valence-corrected chi connectivity index (χ0v) is 9.47. The van der Waals surface area contributed by atoms with E-state index in [1.54, 1.807) is 18.2 Å². The van der Waals surface area contributed by atoms with Gasteiger partial charge in [-0.05, 0) is 30.4 Å². The minimum Gasteiger partial charge on any atom is -0.507 e. The van der Waals surface area contributed by atoms with Crippen molar-refractivity contribution >= 4 is 39.5 Å². The third-order valence-corrected chi connectivity index (χ3v) is 1.95. The summed E-state index contributed by atoms with van der Waals surface area (Å²) in [5.41, 5.74) is 8.12. The van der Waals surface area contributed by atoms with E-state index in [1.165, 1.54) is 6.21 Å². The highest BCUT2D eigenvalue weighted by Crippen LogP contribution is 2.19. The molecule has 0 aromatic heterocycles. The van der Waals surface area contributed by atoms with Gasteiger partial charge in [0.25, 0.3) is 0 Å². The van der Waals surface area contributed by atoms with Crippen molar-refractivity contribution in [2.24, 2.45) is 10.8 Å². The van der Waals surface area contributed by atoms with Crippen molar-refractivity contribution in [3.8, 4) is 5.75 Å². The molecule has 1 rings (SSSR count). The maximum Gasteiger partial charge on any atom is 0.184 e. The molecule has 0 heterocycles. The molecular formula is C8H8BrN3OS. The van der Waals surface area contributed by atoms with Crippen molar-refractivity contribution in [3.05, 3.63) is 28.2 Å². The average molecular weight is 274 g/mol. The molecule has 0 unspecified atom stereocenters. The lowest BCUT2D eigenvalue weighted by molar-refractivity contribution is 0.474. The number of hydrazone groups is 1. The number of hydrogen-bond donors (Lipinski definition) is 3. The van der Waals surface area contributed by atoms with E-state index in [2.05, 4.69) is 38.7 Å². The third kappa shape index (κ3) is 3.31. The molecule has 1 aromatic rings. The predicted octanol–water partition coefficient (Wildman–Crippen LogP) is 1.32. The number of halogens is 1. The third-order valence-electron chi connectivity index (χ3n) is 1.37.